The van der Waals surface area contributed by atoms with Crippen molar-refractivity contribution in [2.45, 2.75) is 30.6 Å². The van der Waals surface area contributed by atoms with E-state index in [2.05, 4.69) is 17.2 Å². The first kappa shape index (κ1) is 33.4. The number of benzene rings is 5. The largest absolute Gasteiger partial charge is 0.456 e. The van der Waals surface area contributed by atoms with Gasteiger partial charge in [0.05, 0.1) is 5.69 Å². The van der Waals surface area contributed by atoms with Gasteiger partial charge >= 0.3 is 6.09 Å². The molecule has 0 atom stereocenters. The summed E-state index contributed by atoms with van der Waals surface area (Å²) in [7, 11) is -9.35. The van der Waals surface area contributed by atoms with E-state index in [4.69, 9.17) is 9.47 Å². The maximum atomic E-state index is 12.9. The van der Waals surface area contributed by atoms with Gasteiger partial charge in [0.2, 0.25) is 0 Å². The minimum Gasteiger partial charge on any atom is -0.456 e. The zero-order chi connectivity index (χ0) is 35.2. The van der Waals surface area contributed by atoms with Crippen LogP contribution in [-0.4, -0.2) is 32.0 Å². The predicted octanol–water partition coefficient (Wildman–Crippen LogP) is 6.22. The van der Waals surface area contributed by atoms with Gasteiger partial charge in [-0.2, -0.15) is 16.8 Å². The summed E-state index contributed by atoms with van der Waals surface area (Å²) >= 11 is 0. The van der Waals surface area contributed by atoms with Crippen LogP contribution in [0.15, 0.2) is 101 Å². The van der Waals surface area contributed by atoms with E-state index in [0.29, 0.717) is 44.3 Å². The number of hydrogen-bond donors (Lipinski definition) is 4. The first-order chi connectivity index (χ1) is 23.1. The minimum absolute atomic E-state index is 0.110. The lowest BCUT2D eigenvalue weighted by Crippen LogP contribution is -2.21. The van der Waals surface area contributed by atoms with Gasteiger partial charge in [-0.15, -0.1) is 0 Å². The molecule has 0 aliphatic carbocycles. The molecule has 0 unspecified atom stereocenters. The topological polar surface area (TPSA) is 168 Å². The molecular weight excluding hydrogens is 669 g/mol. The van der Waals surface area contributed by atoms with Gasteiger partial charge in [-0.25, -0.2) is 4.79 Å². The van der Waals surface area contributed by atoms with E-state index in [9.17, 15) is 30.7 Å². The Balaban J connectivity index is 1.47. The standard InChI is InChI=1S/C36H30N2O9S2/c1-20-14-16-26-29(18-20)47-30-19-24(15-17-27(30)32(26)28-12-8-9-13-31(28)48(40,41)42)37-33-21(2)34(23(4)35(22(33)3)49(43,44)45)38-36(39)46-25-10-6-5-7-11-25/h5-19,37H,1H2,2-4H3,(H,38,39)(H,40,41,42)(H,43,44,45). The fraction of sp³-hybridized carbons (Fsp3) is 0.0833. The summed E-state index contributed by atoms with van der Waals surface area (Å²) in [6.45, 7) is 8.64. The maximum Gasteiger partial charge on any atom is 0.417 e. The molecule has 0 fully saturated rings. The lowest BCUT2D eigenvalue weighted by atomic mass is 9.92. The fourth-order valence-electron chi connectivity index (χ4n) is 6.03. The molecule has 1 aliphatic rings. The van der Waals surface area contributed by atoms with Gasteiger partial charge < -0.3 is 14.8 Å². The number of para-hydroxylation sites is 1. The van der Waals surface area contributed by atoms with Crippen LogP contribution in [0.2, 0.25) is 0 Å². The molecule has 0 saturated carbocycles. The van der Waals surface area contributed by atoms with Gasteiger partial charge in [0, 0.05) is 39.4 Å². The van der Waals surface area contributed by atoms with Crippen LogP contribution in [-0.2, 0) is 20.2 Å². The Morgan fingerprint density at radius 1 is 0.735 bits per heavy atom. The van der Waals surface area contributed by atoms with Gasteiger partial charge in [0.15, 0.2) is 0 Å². The van der Waals surface area contributed by atoms with E-state index in [-0.39, 0.29) is 43.6 Å². The van der Waals surface area contributed by atoms with Gasteiger partial charge in [-0.3, -0.25) is 14.4 Å². The second-order valence-electron chi connectivity index (χ2n) is 11.4. The molecular formula is C36H30N2O9S2. The molecule has 5 aromatic carbocycles. The average molecular weight is 699 g/mol. The Labute approximate surface area is 282 Å². The van der Waals surface area contributed by atoms with E-state index in [1.165, 1.54) is 26.0 Å². The maximum absolute atomic E-state index is 12.9. The Morgan fingerprint density at radius 2 is 1.41 bits per heavy atom. The van der Waals surface area contributed by atoms with Crippen molar-refractivity contribution in [1.82, 2.24) is 0 Å². The zero-order valence-corrected chi connectivity index (χ0v) is 28.1. The molecule has 5 aromatic rings. The smallest absolute Gasteiger partial charge is 0.417 e. The molecule has 49 heavy (non-hydrogen) atoms. The molecule has 4 N–H and O–H groups in total. The molecule has 1 amide bonds. The van der Waals surface area contributed by atoms with Crippen molar-refractivity contribution in [3.63, 3.8) is 0 Å². The number of ether oxygens (including phenoxy) is 2. The number of anilines is 3. The Hall–Kier alpha value is -5.47. The summed E-state index contributed by atoms with van der Waals surface area (Å²) < 4.78 is 82.0. The summed E-state index contributed by atoms with van der Waals surface area (Å²) in [5.74, 6) is 0.996. The molecule has 6 rings (SSSR count). The van der Waals surface area contributed by atoms with E-state index in [0.717, 1.165) is 0 Å². The van der Waals surface area contributed by atoms with Gasteiger partial charge in [-0.05, 0) is 79.1 Å². The fourth-order valence-corrected chi connectivity index (χ4v) is 7.70. The highest BCUT2D eigenvalue weighted by atomic mass is 32.2. The molecule has 0 bridgehead atoms. The van der Waals surface area contributed by atoms with Crippen molar-refractivity contribution in [2.75, 3.05) is 10.6 Å². The van der Waals surface area contributed by atoms with Crippen molar-refractivity contribution >= 4 is 55.5 Å². The molecule has 0 saturated heterocycles. The number of rotatable bonds is 7. The van der Waals surface area contributed by atoms with E-state index >= 15 is 0 Å². The summed E-state index contributed by atoms with van der Waals surface area (Å²) in [6.07, 6.45) is -0.868. The van der Waals surface area contributed by atoms with Gasteiger partial charge in [0.1, 0.15) is 27.0 Å². The van der Waals surface area contributed by atoms with E-state index < -0.39 is 26.3 Å². The number of amides is 1. The zero-order valence-electron chi connectivity index (χ0n) is 26.4. The Bertz CT molecular complexity index is 2520. The van der Waals surface area contributed by atoms with Crippen molar-refractivity contribution in [3.05, 3.63) is 129 Å². The molecule has 0 aromatic heterocycles. The van der Waals surface area contributed by atoms with Crippen LogP contribution >= 0.6 is 0 Å². The number of nitrogens with one attached hydrogen (secondary N) is 2. The predicted molar refractivity (Wildman–Crippen MR) is 185 cm³/mol. The van der Waals surface area contributed by atoms with Crippen molar-refractivity contribution < 1.29 is 40.2 Å². The normalized spacial score (nSPS) is 12.4. The van der Waals surface area contributed by atoms with Crippen LogP contribution in [0, 0.1) is 20.8 Å². The molecule has 11 nitrogen and oxygen atoms in total. The van der Waals surface area contributed by atoms with E-state index in [1.54, 1.807) is 85.8 Å². The highest BCUT2D eigenvalue weighted by Gasteiger charge is 2.28. The minimum atomic E-state index is -4.75. The molecule has 250 valence electrons. The lowest BCUT2D eigenvalue weighted by molar-refractivity contribution is 0.215. The third kappa shape index (κ3) is 6.52. The van der Waals surface area contributed by atoms with Gasteiger partial charge in [-0.1, -0.05) is 55.1 Å². The highest BCUT2D eigenvalue weighted by molar-refractivity contribution is 7.86. The molecule has 1 aliphatic heterocycles. The monoisotopic (exact) mass is 698 g/mol. The Morgan fingerprint density at radius 3 is 2.10 bits per heavy atom. The number of fused-ring (bicyclic) bond motifs is 2. The number of hydrogen-bond acceptors (Lipinski definition) is 8. The quantitative estimate of drug-likeness (QED) is 0.140. The third-order valence-electron chi connectivity index (χ3n) is 8.11. The van der Waals surface area contributed by atoms with Crippen LogP contribution in [0.1, 0.15) is 27.8 Å². The molecule has 0 spiro atoms. The molecule has 1 heterocycles. The van der Waals surface area contributed by atoms with Crippen LogP contribution in [0.4, 0.5) is 21.9 Å². The highest BCUT2D eigenvalue weighted by Crippen LogP contribution is 2.42. The van der Waals surface area contributed by atoms with Crippen LogP contribution < -0.4 is 30.5 Å². The van der Waals surface area contributed by atoms with Crippen LogP contribution in [0.5, 0.6) is 17.2 Å². The summed E-state index contributed by atoms with van der Waals surface area (Å²) in [6, 6.07) is 24.6. The first-order valence-electron chi connectivity index (χ1n) is 14.8. The first-order valence-corrected chi connectivity index (χ1v) is 17.7. The summed E-state index contributed by atoms with van der Waals surface area (Å²) in [5.41, 5.74) is 2.87. The summed E-state index contributed by atoms with van der Waals surface area (Å²) in [4.78, 5) is 12.2. The Kier molecular flexibility index (Phi) is 8.55. The van der Waals surface area contributed by atoms with Crippen molar-refractivity contribution in [1.29, 1.82) is 0 Å². The third-order valence-corrected chi connectivity index (χ3v) is 10.1. The number of carbonyl (C=O) groups is 1. The number of carbonyl (C=O) groups excluding carboxylic acids is 1. The van der Waals surface area contributed by atoms with Crippen molar-refractivity contribution in [2.24, 2.45) is 0 Å². The van der Waals surface area contributed by atoms with Crippen molar-refractivity contribution in [3.8, 4) is 17.2 Å². The van der Waals surface area contributed by atoms with Gasteiger partial charge in [0.25, 0.3) is 20.2 Å². The second kappa shape index (κ2) is 12.5. The average Bonchev–Trinajstić information content (AvgIpc) is 3.03. The van der Waals surface area contributed by atoms with Crippen LogP contribution in [0.25, 0.3) is 12.2 Å². The van der Waals surface area contributed by atoms with E-state index in [1.807, 2.05) is 0 Å². The molecule has 0 radical (unpaired) electrons. The summed E-state index contributed by atoms with van der Waals surface area (Å²) in [5, 5.41) is 7.06. The molecule has 13 heteroatoms. The second-order valence-corrected chi connectivity index (χ2v) is 14.1. The lowest BCUT2D eigenvalue weighted by Gasteiger charge is -2.24. The van der Waals surface area contributed by atoms with Crippen LogP contribution in [0.3, 0.4) is 0 Å². The SMILES string of the molecule is C=c1ccc2c(c1)Oc1cc(Nc3c(C)c(NC(=O)Oc4ccccc4)c(C)c(S(=O)(=O)O)c3C)ccc1C=2c1ccccc1S(=O)(=O)O.